The van der Waals surface area contributed by atoms with Crippen molar-refractivity contribution in [3.8, 4) is 5.75 Å². The molecule has 1 rings (SSSR count). The Balaban J connectivity index is 2.96. The van der Waals surface area contributed by atoms with Gasteiger partial charge in [0.1, 0.15) is 5.75 Å². The maximum Gasteiger partial charge on any atom is 0.389 e. The van der Waals surface area contributed by atoms with Crippen LogP contribution in [0.2, 0.25) is 13.1 Å². The maximum atomic E-state index is 9.60. The van der Waals surface area contributed by atoms with Crippen LogP contribution in [0.3, 0.4) is 0 Å². The normalized spacial score (nSPS) is 11.5. The van der Waals surface area contributed by atoms with Crippen LogP contribution in [0.15, 0.2) is 18.2 Å². The molecule has 0 bridgehead atoms. The van der Waals surface area contributed by atoms with Gasteiger partial charge in [-0.1, -0.05) is 12.1 Å². The number of benzene rings is 1. The molecule has 0 atom stereocenters. The number of hydrogen-bond donors (Lipinski definition) is 1. The van der Waals surface area contributed by atoms with Crippen LogP contribution in [-0.4, -0.2) is 13.4 Å². The van der Waals surface area contributed by atoms with E-state index in [0.717, 1.165) is 11.3 Å². The molecule has 0 saturated carbocycles. The van der Waals surface area contributed by atoms with E-state index in [9.17, 15) is 4.80 Å². The number of aryl methyl sites for hydroxylation is 1. The van der Waals surface area contributed by atoms with Gasteiger partial charge in [-0.2, -0.15) is 0 Å². The standard InChI is InChI=1S/C10H16O2Si/c1-8-6-5-7-10(9(8)2)12-13(3,4)11/h5-7,11H,1-4H3. The fourth-order valence-corrected chi connectivity index (χ4v) is 1.86. The molecule has 1 N–H and O–H groups in total. The molecule has 13 heavy (non-hydrogen) atoms. The van der Waals surface area contributed by atoms with Gasteiger partial charge in [-0.3, -0.25) is 0 Å². The minimum Gasteiger partial charge on any atom is -0.520 e. The minimum atomic E-state index is -2.45. The monoisotopic (exact) mass is 196 g/mol. The largest absolute Gasteiger partial charge is 0.520 e. The fraction of sp³-hybridized carbons (Fsp3) is 0.400. The Bertz CT molecular complexity index is 302. The minimum absolute atomic E-state index is 0.805. The van der Waals surface area contributed by atoms with Gasteiger partial charge >= 0.3 is 8.56 Å². The van der Waals surface area contributed by atoms with Gasteiger partial charge in [-0.25, -0.2) is 0 Å². The zero-order chi connectivity index (χ0) is 10.1. The molecular formula is C10H16O2Si. The molecular weight excluding hydrogens is 180 g/mol. The molecule has 0 aliphatic carbocycles. The van der Waals surface area contributed by atoms with Crippen LogP contribution in [-0.2, 0) is 0 Å². The third kappa shape index (κ3) is 2.86. The predicted molar refractivity (Wildman–Crippen MR) is 56.2 cm³/mol. The van der Waals surface area contributed by atoms with Gasteiger partial charge in [0.15, 0.2) is 0 Å². The lowest BCUT2D eigenvalue weighted by atomic mass is 10.1. The molecule has 72 valence electrons. The highest BCUT2D eigenvalue weighted by Crippen LogP contribution is 2.22. The van der Waals surface area contributed by atoms with Crippen molar-refractivity contribution in [1.29, 1.82) is 0 Å². The van der Waals surface area contributed by atoms with E-state index in [0.29, 0.717) is 0 Å². The number of rotatable bonds is 2. The van der Waals surface area contributed by atoms with Crippen LogP contribution in [0.25, 0.3) is 0 Å². The first-order valence-corrected chi connectivity index (χ1v) is 7.23. The van der Waals surface area contributed by atoms with Gasteiger partial charge in [-0.05, 0) is 44.1 Å². The van der Waals surface area contributed by atoms with E-state index in [1.165, 1.54) is 5.56 Å². The lowest BCUT2D eigenvalue weighted by Gasteiger charge is -2.19. The first-order chi connectivity index (χ1) is 5.90. The molecule has 1 aromatic carbocycles. The van der Waals surface area contributed by atoms with Crippen LogP contribution >= 0.6 is 0 Å². The molecule has 3 heteroatoms. The van der Waals surface area contributed by atoms with E-state index >= 15 is 0 Å². The van der Waals surface area contributed by atoms with Crippen molar-refractivity contribution in [2.75, 3.05) is 0 Å². The summed E-state index contributed by atoms with van der Waals surface area (Å²) in [5, 5.41) is 0. The van der Waals surface area contributed by atoms with E-state index in [2.05, 4.69) is 0 Å². The second kappa shape index (κ2) is 3.52. The Morgan fingerprint density at radius 1 is 1.23 bits per heavy atom. The maximum absolute atomic E-state index is 9.60. The van der Waals surface area contributed by atoms with E-state index in [-0.39, 0.29) is 0 Å². The van der Waals surface area contributed by atoms with Crippen molar-refractivity contribution >= 4 is 8.56 Å². The summed E-state index contributed by atoms with van der Waals surface area (Å²) in [6.07, 6.45) is 0. The van der Waals surface area contributed by atoms with Crippen molar-refractivity contribution in [2.45, 2.75) is 26.9 Å². The second-order valence-corrected chi connectivity index (χ2v) is 6.84. The zero-order valence-corrected chi connectivity index (χ0v) is 9.59. The van der Waals surface area contributed by atoms with Gasteiger partial charge in [0.25, 0.3) is 0 Å². The average Bonchev–Trinajstić information content (AvgIpc) is 1.96. The van der Waals surface area contributed by atoms with Gasteiger partial charge in [0.2, 0.25) is 0 Å². The summed E-state index contributed by atoms with van der Waals surface area (Å²) in [5.41, 5.74) is 2.30. The summed E-state index contributed by atoms with van der Waals surface area (Å²) in [6, 6.07) is 5.87. The molecule has 0 unspecified atom stereocenters. The van der Waals surface area contributed by atoms with Crippen LogP contribution in [0.4, 0.5) is 0 Å². The van der Waals surface area contributed by atoms with Crippen molar-refractivity contribution in [2.24, 2.45) is 0 Å². The number of hydrogen-bond acceptors (Lipinski definition) is 2. The topological polar surface area (TPSA) is 29.5 Å². The van der Waals surface area contributed by atoms with E-state index in [4.69, 9.17) is 4.43 Å². The summed E-state index contributed by atoms with van der Waals surface area (Å²) < 4.78 is 5.51. The zero-order valence-electron chi connectivity index (χ0n) is 8.59. The SMILES string of the molecule is Cc1cccc(O[Si](C)(C)O)c1C. The Kier molecular flexibility index (Phi) is 2.78. The molecule has 1 aromatic rings. The summed E-state index contributed by atoms with van der Waals surface area (Å²) >= 11 is 0. The molecule has 0 amide bonds. The average molecular weight is 196 g/mol. The van der Waals surface area contributed by atoms with Crippen LogP contribution in [0.5, 0.6) is 5.75 Å². The summed E-state index contributed by atoms with van der Waals surface area (Å²) in [4.78, 5) is 9.60. The Hall–Kier alpha value is -0.803. The van der Waals surface area contributed by atoms with Crippen molar-refractivity contribution < 1.29 is 9.22 Å². The van der Waals surface area contributed by atoms with E-state index in [1.807, 2.05) is 32.0 Å². The quantitative estimate of drug-likeness (QED) is 0.736. The van der Waals surface area contributed by atoms with Gasteiger partial charge < -0.3 is 9.22 Å². The highest BCUT2D eigenvalue weighted by molar-refractivity contribution is 6.63. The van der Waals surface area contributed by atoms with Gasteiger partial charge in [-0.15, -0.1) is 0 Å². The Labute approximate surface area is 80.4 Å². The van der Waals surface area contributed by atoms with E-state index in [1.54, 1.807) is 13.1 Å². The molecule has 0 radical (unpaired) electrons. The molecule has 2 nitrogen and oxygen atoms in total. The van der Waals surface area contributed by atoms with Crippen molar-refractivity contribution in [1.82, 2.24) is 0 Å². The molecule has 0 heterocycles. The lowest BCUT2D eigenvalue weighted by molar-refractivity contribution is 0.389. The molecule has 0 saturated heterocycles. The van der Waals surface area contributed by atoms with Gasteiger partial charge in [0, 0.05) is 0 Å². The van der Waals surface area contributed by atoms with Crippen LogP contribution in [0.1, 0.15) is 11.1 Å². The Morgan fingerprint density at radius 3 is 2.38 bits per heavy atom. The third-order valence-electron chi connectivity index (χ3n) is 1.91. The van der Waals surface area contributed by atoms with Crippen molar-refractivity contribution in [3.05, 3.63) is 29.3 Å². The molecule has 0 aliphatic heterocycles. The summed E-state index contributed by atoms with van der Waals surface area (Å²) in [6.45, 7) is 7.56. The smallest absolute Gasteiger partial charge is 0.389 e. The van der Waals surface area contributed by atoms with Crippen molar-refractivity contribution in [3.63, 3.8) is 0 Å². The van der Waals surface area contributed by atoms with Crippen LogP contribution in [0, 0.1) is 13.8 Å². The fourth-order valence-electron chi connectivity index (χ4n) is 1.10. The second-order valence-electron chi connectivity index (χ2n) is 3.75. The summed E-state index contributed by atoms with van der Waals surface area (Å²) in [7, 11) is -2.45. The highest BCUT2D eigenvalue weighted by atomic mass is 28.4. The highest BCUT2D eigenvalue weighted by Gasteiger charge is 2.21. The lowest BCUT2D eigenvalue weighted by Crippen LogP contribution is -2.34. The molecule has 0 aromatic heterocycles. The Morgan fingerprint density at radius 2 is 1.85 bits per heavy atom. The predicted octanol–water partition coefficient (Wildman–Crippen LogP) is 2.38. The molecule has 0 fully saturated rings. The molecule has 0 spiro atoms. The third-order valence-corrected chi connectivity index (χ3v) is 2.63. The first-order valence-electron chi connectivity index (χ1n) is 4.38. The van der Waals surface area contributed by atoms with E-state index < -0.39 is 8.56 Å². The molecule has 0 aliphatic rings. The van der Waals surface area contributed by atoms with Crippen LogP contribution < -0.4 is 4.43 Å². The first kappa shape index (κ1) is 10.3. The summed E-state index contributed by atoms with van der Waals surface area (Å²) in [5.74, 6) is 0.805. The van der Waals surface area contributed by atoms with Gasteiger partial charge in [0.05, 0.1) is 0 Å².